The van der Waals surface area contributed by atoms with Crippen LogP contribution < -0.4 is 10.9 Å². The van der Waals surface area contributed by atoms with Crippen LogP contribution in [0.2, 0.25) is 0 Å². The fraction of sp³-hybridized carbons (Fsp3) is 0.909. The van der Waals surface area contributed by atoms with Gasteiger partial charge in [0.05, 0.1) is 6.10 Å². The molecule has 16 heavy (non-hydrogen) atoms. The van der Waals surface area contributed by atoms with E-state index in [4.69, 9.17) is 4.74 Å². The Bertz CT molecular complexity index is 230. The van der Waals surface area contributed by atoms with Crippen molar-refractivity contribution in [3.63, 3.8) is 0 Å². The van der Waals surface area contributed by atoms with Crippen LogP contribution in [0.25, 0.3) is 0 Å². The van der Waals surface area contributed by atoms with Crippen LogP contribution in [0, 0.1) is 0 Å². The average molecular weight is 230 g/mol. The molecule has 0 aromatic heterocycles. The van der Waals surface area contributed by atoms with Gasteiger partial charge in [0.15, 0.2) is 0 Å². The van der Waals surface area contributed by atoms with E-state index in [1.54, 1.807) is 0 Å². The second-order valence-electron chi connectivity index (χ2n) is 5.28. The summed E-state index contributed by atoms with van der Waals surface area (Å²) in [6.45, 7) is 5.47. The van der Waals surface area contributed by atoms with Crippen LogP contribution in [0.1, 0.15) is 46.5 Å². The number of hydrogen-bond acceptors (Lipinski definition) is 4. The van der Waals surface area contributed by atoms with Crippen molar-refractivity contribution in [1.82, 2.24) is 10.9 Å². The fourth-order valence-corrected chi connectivity index (χ4v) is 1.68. The molecule has 1 saturated carbocycles. The van der Waals surface area contributed by atoms with E-state index < -0.39 is 11.7 Å². The third kappa shape index (κ3) is 5.32. The molecule has 94 valence electrons. The number of ether oxygens (including phenoxy) is 1. The summed E-state index contributed by atoms with van der Waals surface area (Å²) in [5.41, 5.74) is 4.98. The molecular weight excluding hydrogens is 208 g/mol. The van der Waals surface area contributed by atoms with Crippen LogP contribution in [0.15, 0.2) is 0 Å². The Morgan fingerprint density at radius 1 is 1.25 bits per heavy atom. The second-order valence-corrected chi connectivity index (χ2v) is 5.28. The highest BCUT2D eigenvalue weighted by Gasteiger charge is 2.21. The van der Waals surface area contributed by atoms with Gasteiger partial charge in [-0.2, -0.15) is 0 Å². The summed E-state index contributed by atoms with van der Waals surface area (Å²) >= 11 is 0. The predicted octanol–water partition coefficient (Wildman–Crippen LogP) is 1.32. The molecule has 0 radical (unpaired) electrons. The molecule has 0 atom stereocenters. The molecule has 1 aliphatic carbocycles. The Hall–Kier alpha value is -0.810. The first kappa shape index (κ1) is 13.3. The van der Waals surface area contributed by atoms with Gasteiger partial charge in [-0.1, -0.05) is 0 Å². The molecule has 0 bridgehead atoms. The average Bonchev–Trinajstić information content (AvgIpc) is 2.14. The summed E-state index contributed by atoms with van der Waals surface area (Å²) in [6.07, 6.45) is 2.67. The van der Waals surface area contributed by atoms with E-state index in [0.29, 0.717) is 0 Å². The minimum atomic E-state index is -0.478. The van der Waals surface area contributed by atoms with Crippen molar-refractivity contribution in [2.45, 2.75) is 64.2 Å². The maximum absolute atomic E-state index is 11.3. The minimum absolute atomic E-state index is 0.181. The molecule has 3 N–H and O–H groups in total. The molecule has 0 unspecified atom stereocenters. The van der Waals surface area contributed by atoms with Crippen molar-refractivity contribution in [2.75, 3.05) is 0 Å². The van der Waals surface area contributed by atoms with Gasteiger partial charge >= 0.3 is 6.09 Å². The van der Waals surface area contributed by atoms with Gasteiger partial charge in [0.1, 0.15) is 5.60 Å². The first-order chi connectivity index (χ1) is 7.37. The number of hydrazine groups is 1. The molecule has 0 aliphatic heterocycles. The smallest absolute Gasteiger partial charge is 0.422 e. The fourth-order valence-electron chi connectivity index (χ4n) is 1.68. The SMILES string of the molecule is CC(C)(C)OC(=O)NN[C@H]1CC[C@H](O)CC1. The lowest BCUT2D eigenvalue weighted by Crippen LogP contribution is -2.47. The minimum Gasteiger partial charge on any atom is -0.443 e. The Balaban J connectivity index is 2.17. The van der Waals surface area contributed by atoms with Gasteiger partial charge in [-0.05, 0) is 46.5 Å². The number of carbonyl (C=O) groups is 1. The molecule has 1 aliphatic rings. The first-order valence-corrected chi connectivity index (χ1v) is 5.79. The number of rotatable bonds is 2. The maximum Gasteiger partial charge on any atom is 0.422 e. The van der Waals surface area contributed by atoms with E-state index in [2.05, 4.69) is 10.9 Å². The standard InChI is InChI=1S/C11H22N2O3/c1-11(2,3)16-10(15)13-12-8-4-6-9(14)7-5-8/h8-9,12,14H,4-7H2,1-3H3,(H,13,15)/t8-,9-. The molecule has 1 rings (SSSR count). The summed E-state index contributed by atoms with van der Waals surface area (Å²) in [5, 5.41) is 9.32. The quantitative estimate of drug-likeness (QED) is 0.626. The molecule has 1 fully saturated rings. The Labute approximate surface area is 96.5 Å². The van der Waals surface area contributed by atoms with E-state index in [9.17, 15) is 9.90 Å². The Morgan fingerprint density at radius 3 is 2.31 bits per heavy atom. The lowest BCUT2D eigenvalue weighted by atomic mass is 9.94. The molecule has 0 aromatic rings. The molecule has 0 heterocycles. The summed E-state index contributed by atoms with van der Waals surface area (Å²) in [7, 11) is 0. The van der Waals surface area contributed by atoms with Crippen molar-refractivity contribution in [3.8, 4) is 0 Å². The highest BCUT2D eigenvalue weighted by atomic mass is 16.6. The topological polar surface area (TPSA) is 70.6 Å². The summed E-state index contributed by atoms with van der Waals surface area (Å²) < 4.78 is 5.09. The van der Waals surface area contributed by atoms with Gasteiger partial charge in [0, 0.05) is 6.04 Å². The third-order valence-electron chi connectivity index (χ3n) is 2.47. The normalized spacial score (nSPS) is 26.2. The molecule has 5 heteroatoms. The van der Waals surface area contributed by atoms with Crippen molar-refractivity contribution in [2.24, 2.45) is 0 Å². The lowest BCUT2D eigenvalue weighted by Gasteiger charge is -2.27. The third-order valence-corrected chi connectivity index (χ3v) is 2.47. The van der Waals surface area contributed by atoms with Gasteiger partial charge in [0.2, 0.25) is 0 Å². The van der Waals surface area contributed by atoms with E-state index in [-0.39, 0.29) is 12.1 Å². The number of nitrogens with one attached hydrogen (secondary N) is 2. The van der Waals surface area contributed by atoms with Crippen LogP contribution >= 0.6 is 0 Å². The van der Waals surface area contributed by atoms with Crippen LogP contribution in [0.5, 0.6) is 0 Å². The number of hydrogen-bond donors (Lipinski definition) is 3. The molecular formula is C11H22N2O3. The van der Waals surface area contributed by atoms with Crippen molar-refractivity contribution in [1.29, 1.82) is 0 Å². The second kappa shape index (κ2) is 5.50. The van der Waals surface area contributed by atoms with E-state index in [0.717, 1.165) is 25.7 Å². The highest BCUT2D eigenvalue weighted by molar-refractivity contribution is 5.67. The zero-order valence-electron chi connectivity index (χ0n) is 10.2. The van der Waals surface area contributed by atoms with Crippen LogP contribution in [-0.2, 0) is 4.74 Å². The van der Waals surface area contributed by atoms with Crippen LogP contribution in [0.4, 0.5) is 4.79 Å². The molecule has 1 amide bonds. The molecule has 0 aromatic carbocycles. The van der Waals surface area contributed by atoms with Gasteiger partial charge in [0.25, 0.3) is 0 Å². The van der Waals surface area contributed by atoms with Gasteiger partial charge in [-0.3, -0.25) is 5.43 Å². The van der Waals surface area contributed by atoms with Gasteiger partial charge < -0.3 is 9.84 Å². The van der Waals surface area contributed by atoms with Crippen molar-refractivity contribution in [3.05, 3.63) is 0 Å². The zero-order chi connectivity index (χ0) is 12.2. The van der Waals surface area contributed by atoms with Gasteiger partial charge in [-0.25, -0.2) is 10.2 Å². The monoisotopic (exact) mass is 230 g/mol. The van der Waals surface area contributed by atoms with Gasteiger partial charge in [-0.15, -0.1) is 0 Å². The molecule has 5 nitrogen and oxygen atoms in total. The van der Waals surface area contributed by atoms with Crippen molar-refractivity contribution < 1.29 is 14.6 Å². The largest absolute Gasteiger partial charge is 0.443 e. The van der Waals surface area contributed by atoms with Crippen molar-refractivity contribution >= 4 is 6.09 Å². The molecule has 0 saturated heterocycles. The van der Waals surface area contributed by atoms with E-state index in [1.807, 2.05) is 20.8 Å². The summed E-state index contributed by atoms with van der Waals surface area (Å²) in [5.74, 6) is 0. The van der Waals surface area contributed by atoms with E-state index >= 15 is 0 Å². The number of carbonyl (C=O) groups excluding carboxylic acids is 1. The first-order valence-electron chi connectivity index (χ1n) is 5.79. The Kier molecular flexibility index (Phi) is 4.56. The predicted molar refractivity (Wildman–Crippen MR) is 60.8 cm³/mol. The number of aliphatic hydroxyl groups is 1. The highest BCUT2D eigenvalue weighted by Crippen LogP contribution is 2.17. The van der Waals surface area contributed by atoms with E-state index in [1.165, 1.54) is 0 Å². The zero-order valence-corrected chi connectivity index (χ0v) is 10.2. The van der Waals surface area contributed by atoms with Crippen LogP contribution in [-0.4, -0.2) is 28.9 Å². The summed E-state index contributed by atoms with van der Waals surface area (Å²) in [4.78, 5) is 11.3. The number of aliphatic hydroxyl groups excluding tert-OH is 1. The summed E-state index contributed by atoms with van der Waals surface area (Å²) in [6, 6.07) is 0.232. The Morgan fingerprint density at radius 2 is 1.81 bits per heavy atom. The number of amides is 1. The molecule has 0 spiro atoms. The maximum atomic E-state index is 11.3. The lowest BCUT2D eigenvalue weighted by molar-refractivity contribution is 0.0469. The van der Waals surface area contributed by atoms with Crippen LogP contribution in [0.3, 0.4) is 0 Å².